The molecule has 1 fully saturated rings. The lowest BCUT2D eigenvalue weighted by Crippen LogP contribution is -2.44. The van der Waals surface area contributed by atoms with Gasteiger partial charge in [0.1, 0.15) is 0 Å². The maximum Gasteiger partial charge on any atom is 0.225 e. The van der Waals surface area contributed by atoms with Gasteiger partial charge in [-0.25, -0.2) is 0 Å². The summed E-state index contributed by atoms with van der Waals surface area (Å²) < 4.78 is 5.51. The van der Waals surface area contributed by atoms with Gasteiger partial charge in [0, 0.05) is 34.9 Å². The molecule has 0 radical (unpaired) electrons. The molecule has 2 aromatic heterocycles. The average Bonchev–Trinajstić information content (AvgIpc) is 3.19. The normalized spacial score (nSPS) is 17.5. The molecule has 3 heterocycles. The van der Waals surface area contributed by atoms with Gasteiger partial charge in [0.2, 0.25) is 5.91 Å². The lowest BCUT2D eigenvalue weighted by atomic mass is 9.78. The van der Waals surface area contributed by atoms with E-state index in [2.05, 4.69) is 22.8 Å². The van der Waals surface area contributed by atoms with Crippen LogP contribution in [0.25, 0.3) is 0 Å². The van der Waals surface area contributed by atoms with E-state index >= 15 is 0 Å². The maximum absolute atomic E-state index is 12.1. The highest BCUT2D eigenvalue weighted by Crippen LogP contribution is 2.36. The zero-order chi connectivity index (χ0) is 14.5. The Morgan fingerprint density at radius 1 is 1.19 bits per heavy atom. The van der Waals surface area contributed by atoms with Crippen LogP contribution in [0.2, 0.25) is 0 Å². The standard InChI is InChI=1S/C16H19NO2S2/c18-15(11-13-3-1-9-20-13)17-12-16(5-7-19-8-6-16)14-4-2-10-21-14/h1-4,9-10H,5-8,11-12H2,(H,17,18). The number of carbonyl (C=O) groups excluding carboxylic acids is 1. The quantitative estimate of drug-likeness (QED) is 0.918. The number of ether oxygens (including phenoxy) is 1. The van der Waals surface area contributed by atoms with Gasteiger partial charge >= 0.3 is 0 Å². The van der Waals surface area contributed by atoms with Crippen LogP contribution in [-0.2, 0) is 21.4 Å². The third kappa shape index (κ3) is 3.54. The van der Waals surface area contributed by atoms with E-state index in [0.717, 1.165) is 30.9 Å². The number of carbonyl (C=O) groups is 1. The Kier molecular flexibility index (Phi) is 4.73. The van der Waals surface area contributed by atoms with Crippen molar-refractivity contribution >= 4 is 28.6 Å². The van der Waals surface area contributed by atoms with Crippen molar-refractivity contribution in [2.24, 2.45) is 0 Å². The van der Waals surface area contributed by atoms with Gasteiger partial charge in [-0.15, -0.1) is 22.7 Å². The lowest BCUT2D eigenvalue weighted by Gasteiger charge is -2.36. The third-order valence-electron chi connectivity index (χ3n) is 4.03. The van der Waals surface area contributed by atoms with Crippen molar-refractivity contribution in [3.8, 4) is 0 Å². The van der Waals surface area contributed by atoms with Gasteiger partial charge in [-0.1, -0.05) is 12.1 Å². The van der Waals surface area contributed by atoms with Crippen molar-refractivity contribution in [2.75, 3.05) is 19.8 Å². The third-order valence-corrected chi connectivity index (χ3v) is 6.03. The highest BCUT2D eigenvalue weighted by Gasteiger charge is 2.35. The minimum absolute atomic E-state index is 0.0531. The van der Waals surface area contributed by atoms with E-state index in [9.17, 15) is 4.79 Å². The van der Waals surface area contributed by atoms with Gasteiger partial charge in [0.25, 0.3) is 0 Å². The van der Waals surface area contributed by atoms with Crippen LogP contribution in [0.15, 0.2) is 35.0 Å². The molecule has 3 rings (SSSR count). The molecule has 5 heteroatoms. The van der Waals surface area contributed by atoms with E-state index in [0.29, 0.717) is 13.0 Å². The lowest BCUT2D eigenvalue weighted by molar-refractivity contribution is -0.120. The van der Waals surface area contributed by atoms with Crippen molar-refractivity contribution in [1.82, 2.24) is 5.32 Å². The van der Waals surface area contributed by atoms with Crippen molar-refractivity contribution in [2.45, 2.75) is 24.7 Å². The molecule has 21 heavy (non-hydrogen) atoms. The van der Waals surface area contributed by atoms with Crippen LogP contribution in [0.4, 0.5) is 0 Å². The van der Waals surface area contributed by atoms with Gasteiger partial charge in [-0.2, -0.15) is 0 Å². The highest BCUT2D eigenvalue weighted by atomic mass is 32.1. The summed E-state index contributed by atoms with van der Waals surface area (Å²) in [7, 11) is 0. The second kappa shape index (κ2) is 6.73. The fraction of sp³-hybridized carbons (Fsp3) is 0.438. The number of rotatable bonds is 5. The second-order valence-corrected chi connectivity index (χ2v) is 7.38. The first-order valence-electron chi connectivity index (χ1n) is 7.19. The van der Waals surface area contributed by atoms with E-state index in [-0.39, 0.29) is 11.3 Å². The monoisotopic (exact) mass is 321 g/mol. The SMILES string of the molecule is O=C(Cc1cccs1)NCC1(c2cccs2)CCOCC1. The molecule has 1 aliphatic rings. The molecule has 3 nitrogen and oxygen atoms in total. The van der Waals surface area contributed by atoms with Gasteiger partial charge < -0.3 is 10.1 Å². The fourth-order valence-corrected chi connectivity index (χ4v) is 4.45. The molecule has 0 saturated carbocycles. The minimum atomic E-state index is 0.0531. The smallest absolute Gasteiger partial charge is 0.225 e. The molecule has 1 amide bonds. The van der Waals surface area contributed by atoms with E-state index in [1.54, 1.807) is 22.7 Å². The summed E-state index contributed by atoms with van der Waals surface area (Å²) >= 11 is 3.41. The molecule has 1 N–H and O–H groups in total. The average molecular weight is 321 g/mol. The molecule has 1 aliphatic heterocycles. The molecular weight excluding hydrogens is 302 g/mol. The number of thiophene rings is 2. The Balaban J connectivity index is 1.64. The predicted molar refractivity (Wildman–Crippen MR) is 87.1 cm³/mol. The first-order chi connectivity index (χ1) is 10.3. The van der Waals surface area contributed by atoms with Crippen LogP contribution < -0.4 is 5.32 Å². The van der Waals surface area contributed by atoms with Gasteiger partial charge in [0.05, 0.1) is 6.42 Å². The van der Waals surface area contributed by atoms with Crippen molar-refractivity contribution in [3.05, 3.63) is 44.8 Å². The molecule has 2 aromatic rings. The summed E-state index contributed by atoms with van der Waals surface area (Å²) in [6, 6.07) is 8.26. The Labute approximate surface area is 133 Å². The molecule has 0 bridgehead atoms. The summed E-state index contributed by atoms with van der Waals surface area (Å²) in [5.41, 5.74) is 0.0531. The van der Waals surface area contributed by atoms with Crippen molar-refractivity contribution < 1.29 is 9.53 Å². The molecule has 0 unspecified atom stereocenters. The fourth-order valence-electron chi connectivity index (χ4n) is 2.75. The van der Waals surface area contributed by atoms with Gasteiger partial charge in [-0.3, -0.25) is 4.79 Å². The molecule has 0 spiro atoms. The summed E-state index contributed by atoms with van der Waals surface area (Å²) in [4.78, 5) is 14.6. The number of amides is 1. The Morgan fingerprint density at radius 3 is 2.62 bits per heavy atom. The van der Waals surface area contributed by atoms with Crippen LogP contribution >= 0.6 is 22.7 Å². The van der Waals surface area contributed by atoms with Gasteiger partial charge in [-0.05, 0) is 35.7 Å². The van der Waals surface area contributed by atoms with Crippen LogP contribution in [0.5, 0.6) is 0 Å². The number of nitrogens with one attached hydrogen (secondary N) is 1. The second-order valence-electron chi connectivity index (χ2n) is 5.40. The topological polar surface area (TPSA) is 38.3 Å². The number of hydrogen-bond donors (Lipinski definition) is 1. The first-order valence-corrected chi connectivity index (χ1v) is 8.95. The molecule has 0 aliphatic carbocycles. The first kappa shape index (κ1) is 14.8. The van der Waals surface area contributed by atoms with Crippen LogP contribution in [0.1, 0.15) is 22.6 Å². The zero-order valence-corrected chi connectivity index (χ0v) is 13.5. The summed E-state index contributed by atoms with van der Waals surface area (Å²) in [5, 5.41) is 7.26. The maximum atomic E-state index is 12.1. The molecule has 0 atom stereocenters. The van der Waals surface area contributed by atoms with Gasteiger partial charge in [0.15, 0.2) is 0 Å². The highest BCUT2D eigenvalue weighted by molar-refractivity contribution is 7.10. The van der Waals surface area contributed by atoms with Crippen molar-refractivity contribution in [3.63, 3.8) is 0 Å². The summed E-state index contributed by atoms with van der Waals surface area (Å²) in [6.07, 6.45) is 2.44. The Morgan fingerprint density at radius 2 is 1.95 bits per heavy atom. The van der Waals surface area contributed by atoms with E-state index in [1.165, 1.54) is 4.88 Å². The summed E-state index contributed by atoms with van der Waals surface area (Å²) in [5.74, 6) is 0.111. The van der Waals surface area contributed by atoms with E-state index < -0.39 is 0 Å². The van der Waals surface area contributed by atoms with E-state index in [1.807, 2.05) is 17.5 Å². The Bertz CT molecular complexity index is 557. The minimum Gasteiger partial charge on any atom is -0.381 e. The molecular formula is C16H19NO2S2. The molecule has 1 saturated heterocycles. The van der Waals surface area contributed by atoms with Crippen LogP contribution in [0.3, 0.4) is 0 Å². The van der Waals surface area contributed by atoms with Crippen LogP contribution in [-0.4, -0.2) is 25.7 Å². The predicted octanol–water partition coefficient (Wildman–Crippen LogP) is 3.22. The van der Waals surface area contributed by atoms with Crippen molar-refractivity contribution in [1.29, 1.82) is 0 Å². The zero-order valence-electron chi connectivity index (χ0n) is 11.8. The summed E-state index contributed by atoms with van der Waals surface area (Å²) in [6.45, 7) is 2.26. The van der Waals surface area contributed by atoms with Crippen LogP contribution in [0, 0.1) is 0 Å². The Hall–Kier alpha value is -1.17. The largest absolute Gasteiger partial charge is 0.381 e. The molecule has 0 aromatic carbocycles. The molecule has 112 valence electrons. The van der Waals surface area contributed by atoms with E-state index in [4.69, 9.17) is 4.74 Å². The number of hydrogen-bond acceptors (Lipinski definition) is 4.